The van der Waals surface area contributed by atoms with Gasteiger partial charge in [0.05, 0.1) is 25.2 Å². The zero-order chi connectivity index (χ0) is 28.7. The van der Waals surface area contributed by atoms with Gasteiger partial charge in [0.2, 0.25) is 5.83 Å². The van der Waals surface area contributed by atoms with Gasteiger partial charge in [-0.3, -0.25) is 0 Å². The molecule has 0 heterocycles. The van der Waals surface area contributed by atoms with Crippen LogP contribution in [0.3, 0.4) is 0 Å². The maximum absolute atomic E-state index is 13.5. The first-order valence-electron chi connectivity index (χ1n) is 8.07. The largest absolute Gasteiger partial charge is 0.468 e. The predicted molar refractivity (Wildman–Crippen MR) is 74.6 cm³/mol. The van der Waals surface area contributed by atoms with Crippen LogP contribution in [0.25, 0.3) is 0 Å². The average molecular weight is 566 g/mol. The van der Waals surface area contributed by atoms with Gasteiger partial charge in [-0.15, -0.1) is 0 Å². The molecule has 0 aromatic carbocycles. The summed E-state index contributed by atoms with van der Waals surface area (Å²) in [6.45, 7) is -6.07. The molecule has 0 saturated heterocycles. The van der Waals surface area contributed by atoms with Gasteiger partial charge in [-0.25, -0.2) is 0 Å². The molecule has 3 N–H and O–H groups in total. The molecule has 0 aliphatic rings. The van der Waals surface area contributed by atoms with Gasteiger partial charge in [0.25, 0.3) is 0 Å². The van der Waals surface area contributed by atoms with Gasteiger partial charge in [-0.05, 0) is 0 Å². The number of halogens is 17. The van der Waals surface area contributed by atoms with Crippen molar-refractivity contribution < 1.29 is 94.7 Å². The molecule has 0 unspecified atom stereocenters. The van der Waals surface area contributed by atoms with E-state index in [9.17, 15) is 74.6 Å². The molecule has 0 amide bonds. The second kappa shape index (κ2) is 9.60. The fourth-order valence-corrected chi connectivity index (χ4v) is 1.79. The molecule has 0 aromatic rings. The van der Waals surface area contributed by atoms with E-state index in [1.54, 1.807) is 0 Å². The Balaban J connectivity index is 6.57. The molecular formula is C14H11F17O4. The van der Waals surface area contributed by atoms with E-state index in [0.29, 0.717) is 0 Å². The van der Waals surface area contributed by atoms with Crippen LogP contribution >= 0.6 is 0 Å². The topological polar surface area (TPSA) is 69.9 Å². The number of hydrogen-bond donors (Lipinski definition) is 3. The molecule has 0 bridgehead atoms. The van der Waals surface area contributed by atoms with Gasteiger partial charge in [0.15, 0.2) is 0 Å². The van der Waals surface area contributed by atoms with Gasteiger partial charge in [0, 0.05) is 0 Å². The molecule has 21 heteroatoms. The van der Waals surface area contributed by atoms with Gasteiger partial charge in [-0.2, -0.15) is 74.6 Å². The van der Waals surface area contributed by atoms with Crippen molar-refractivity contribution in [3.8, 4) is 0 Å². The number of aliphatic hydroxyl groups is 3. The van der Waals surface area contributed by atoms with Crippen LogP contribution in [0, 0.1) is 5.41 Å². The molecule has 0 radical (unpaired) electrons. The molecule has 0 aliphatic heterocycles. The minimum atomic E-state index is -8.69. The molecule has 0 aromatic heterocycles. The molecule has 0 atom stereocenters. The van der Waals surface area contributed by atoms with Crippen LogP contribution in [0.1, 0.15) is 0 Å². The Hall–Kier alpha value is -1.77. The number of hydrogen-bond acceptors (Lipinski definition) is 4. The van der Waals surface area contributed by atoms with Crippen molar-refractivity contribution in [1.82, 2.24) is 0 Å². The molecule has 4 nitrogen and oxygen atoms in total. The Morgan fingerprint density at radius 3 is 1.14 bits per heavy atom. The zero-order valence-corrected chi connectivity index (χ0v) is 16.0. The highest BCUT2D eigenvalue weighted by molar-refractivity contribution is 5.20. The number of allylic oxidation sites excluding steroid dienone is 1. The normalized spacial score (nSPS) is 16.3. The lowest BCUT2D eigenvalue weighted by molar-refractivity contribution is -0.451. The Morgan fingerprint density at radius 1 is 0.514 bits per heavy atom. The van der Waals surface area contributed by atoms with Crippen LogP contribution in [0.2, 0.25) is 0 Å². The second-order valence-corrected chi connectivity index (χ2v) is 6.79. The average Bonchev–Trinajstić information content (AvgIpc) is 2.72. The number of alkyl halides is 15. The lowest BCUT2D eigenvalue weighted by atomic mass is 9.90. The maximum atomic E-state index is 13.5. The third kappa shape index (κ3) is 4.94. The molecular weight excluding hydrogens is 555 g/mol. The van der Waals surface area contributed by atoms with Gasteiger partial charge in [0.1, 0.15) is 6.61 Å². The Bertz CT molecular complexity index is 761. The van der Waals surface area contributed by atoms with Crippen LogP contribution in [0.15, 0.2) is 11.8 Å². The third-order valence-corrected chi connectivity index (χ3v) is 4.29. The van der Waals surface area contributed by atoms with E-state index in [1.807, 2.05) is 0 Å². The third-order valence-electron chi connectivity index (χ3n) is 4.29. The lowest BCUT2D eigenvalue weighted by Gasteiger charge is -2.41. The summed E-state index contributed by atoms with van der Waals surface area (Å²) < 4.78 is 225. The SMILES string of the molecule is OCC(CO)(CO)COC(F)=C(F)C(F)(F)C(F)(F)C(F)(F)C(F)(F)C(F)(F)C(F)(F)C(F)(F)F. The maximum Gasteiger partial charge on any atom is 0.460 e. The minimum Gasteiger partial charge on any atom is -0.468 e. The zero-order valence-electron chi connectivity index (χ0n) is 16.0. The van der Waals surface area contributed by atoms with Crippen molar-refractivity contribution in [3.63, 3.8) is 0 Å². The quantitative estimate of drug-likeness (QED) is 0.242. The van der Waals surface area contributed by atoms with Crippen LogP contribution in [0.5, 0.6) is 0 Å². The van der Waals surface area contributed by atoms with Crippen LogP contribution in [0.4, 0.5) is 74.6 Å². The first-order chi connectivity index (χ1) is 15.2. The summed E-state index contributed by atoms with van der Waals surface area (Å²) in [5, 5.41) is 26.5. The fourth-order valence-electron chi connectivity index (χ4n) is 1.79. The highest BCUT2D eigenvalue weighted by Gasteiger charge is 2.93. The summed E-state index contributed by atoms with van der Waals surface area (Å²) in [5.41, 5.74) is -2.45. The summed E-state index contributed by atoms with van der Waals surface area (Å²) >= 11 is 0. The minimum absolute atomic E-state index is 1.42. The molecule has 0 spiro atoms. The standard InChI is InChI=1S/C14H11F17O4/c15-5(6(16)35-4-7(1-32,2-33)3-34)8(17,18)9(19,20)10(21,22)11(23,24)12(25,26)13(27,28)14(29,30)31/h32-34H,1-4H2. The van der Waals surface area contributed by atoms with E-state index in [4.69, 9.17) is 15.3 Å². The Kier molecular flexibility index (Phi) is 9.11. The predicted octanol–water partition coefficient (Wildman–Crippen LogP) is 4.45. The van der Waals surface area contributed by atoms with E-state index in [0.717, 1.165) is 0 Å². The van der Waals surface area contributed by atoms with E-state index in [-0.39, 0.29) is 0 Å². The van der Waals surface area contributed by atoms with Crippen molar-refractivity contribution in [1.29, 1.82) is 0 Å². The van der Waals surface area contributed by atoms with Crippen LogP contribution in [-0.4, -0.2) is 83.5 Å². The van der Waals surface area contributed by atoms with E-state index < -0.39 is 85.4 Å². The van der Waals surface area contributed by atoms with Crippen molar-refractivity contribution in [2.24, 2.45) is 5.41 Å². The fraction of sp³-hybridized carbons (Fsp3) is 0.857. The molecule has 0 rings (SSSR count). The summed E-state index contributed by atoms with van der Waals surface area (Å²) in [6.07, 6.45) is -7.82. The van der Waals surface area contributed by atoms with E-state index in [2.05, 4.69) is 4.74 Å². The lowest BCUT2D eigenvalue weighted by Crippen LogP contribution is -2.72. The van der Waals surface area contributed by atoms with E-state index in [1.165, 1.54) is 0 Å². The number of aliphatic hydroxyl groups excluding tert-OH is 3. The smallest absolute Gasteiger partial charge is 0.460 e. The Morgan fingerprint density at radius 2 is 0.829 bits per heavy atom. The summed E-state index contributed by atoms with van der Waals surface area (Å²) in [5.74, 6) is -54.7. The van der Waals surface area contributed by atoms with Crippen molar-refractivity contribution in [3.05, 3.63) is 11.8 Å². The van der Waals surface area contributed by atoms with Gasteiger partial charge in [-0.1, -0.05) is 0 Å². The van der Waals surface area contributed by atoms with Crippen LogP contribution in [-0.2, 0) is 4.74 Å². The van der Waals surface area contributed by atoms with Crippen molar-refractivity contribution >= 4 is 0 Å². The monoisotopic (exact) mass is 566 g/mol. The summed E-state index contributed by atoms with van der Waals surface area (Å²) in [6, 6.07) is -3.71. The second-order valence-electron chi connectivity index (χ2n) is 6.79. The summed E-state index contributed by atoms with van der Waals surface area (Å²) in [7, 11) is 0. The number of ether oxygens (including phenoxy) is 1. The molecule has 0 saturated carbocycles. The highest BCUT2D eigenvalue weighted by Crippen LogP contribution is 2.63. The Labute approximate surface area is 181 Å². The van der Waals surface area contributed by atoms with Crippen LogP contribution < -0.4 is 0 Å². The summed E-state index contributed by atoms with van der Waals surface area (Å²) in [4.78, 5) is 0. The van der Waals surface area contributed by atoms with Gasteiger partial charge >= 0.3 is 47.7 Å². The first-order valence-corrected chi connectivity index (χ1v) is 8.07. The van der Waals surface area contributed by atoms with Gasteiger partial charge < -0.3 is 20.1 Å². The molecule has 0 fully saturated rings. The molecule has 210 valence electrons. The molecule has 35 heavy (non-hydrogen) atoms. The van der Waals surface area contributed by atoms with Crippen molar-refractivity contribution in [2.45, 2.75) is 41.7 Å². The first kappa shape index (κ1) is 33.2. The van der Waals surface area contributed by atoms with Crippen molar-refractivity contribution in [2.75, 3.05) is 26.4 Å². The molecule has 0 aliphatic carbocycles. The van der Waals surface area contributed by atoms with E-state index >= 15 is 0 Å². The number of rotatable bonds is 12. The highest BCUT2D eigenvalue weighted by atomic mass is 19.4.